The van der Waals surface area contributed by atoms with E-state index < -0.39 is 0 Å². The lowest BCUT2D eigenvalue weighted by Crippen LogP contribution is -2.22. The van der Waals surface area contributed by atoms with Gasteiger partial charge in [0.15, 0.2) is 0 Å². The van der Waals surface area contributed by atoms with Crippen LogP contribution in [-0.2, 0) is 5.41 Å². The Kier molecular flexibility index (Phi) is 5.13. The van der Waals surface area contributed by atoms with Crippen LogP contribution in [0.1, 0.15) is 25.0 Å². The summed E-state index contributed by atoms with van der Waals surface area (Å²) in [6.45, 7) is 4.56. The highest BCUT2D eigenvalue weighted by Gasteiger charge is 2.37. The molecular formula is C26H25N3. The van der Waals surface area contributed by atoms with Crippen molar-refractivity contribution in [3.63, 3.8) is 0 Å². The fourth-order valence-electron chi connectivity index (χ4n) is 3.81. The molecule has 3 aromatic carbocycles. The molecule has 0 unspecified atom stereocenters. The zero-order valence-corrected chi connectivity index (χ0v) is 17.1. The van der Waals surface area contributed by atoms with E-state index in [1.165, 1.54) is 16.9 Å². The number of likely N-dealkylation sites (N-methyl/N-ethyl adjacent to an activating group) is 1. The SMILES string of the molecule is CN1/C(=C\C=C\c2ccc(N=Nc3ccccc3)cc2)C(C)(C)c2ccccc21. The average Bonchev–Trinajstić information content (AvgIpc) is 2.95. The van der Waals surface area contributed by atoms with Gasteiger partial charge in [-0.1, -0.05) is 74.5 Å². The number of benzene rings is 3. The van der Waals surface area contributed by atoms with Crippen molar-refractivity contribution in [2.75, 3.05) is 11.9 Å². The van der Waals surface area contributed by atoms with Gasteiger partial charge in [0.2, 0.25) is 0 Å². The number of allylic oxidation sites excluding steroid dienone is 3. The van der Waals surface area contributed by atoms with Crippen LogP contribution in [0.2, 0.25) is 0 Å². The molecule has 0 aliphatic carbocycles. The van der Waals surface area contributed by atoms with E-state index in [1.54, 1.807) is 0 Å². The monoisotopic (exact) mass is 379 g/mol. The Morgan fingerprint density at radius 3 is 2.07 bits per heavy atom. The number of hydrogen-bond acceptors (Lipinski definition) is 3. The molecule has 0 N–H and O–H groups in total. The van der Waals surface area contributed by atoms with Gasteiger partial charge in [-0.25, -0.2) is 0 Å². The summed E-state index contributed by atoms with van der Waals surface area (Å²) in [5, 5.41) is 8.55. The molecule has 0 saturated carbocycles. The van der Waals surface area contributed by atoms with Gasteiger partial charge < -0.3 is 4.90 Å². The minimum absolute atomic E-state index is 0.00262. The van der Waals surface area contributed by atoms with E-state index >= 15 is 0 Å². The minimum Gasteiger partial charge on any atom is -0.347 e. The van der Waals surface area contributed by atoms with Gasteiger partial charge in [0.25, 0.3) is 0 Å². The number of anilines is 1. The smallest absolute Gasteiger partial charge is 0.0857 e. The lowest BCUT2D eigenvalue weighted by Gasteiger charge is -2.23. The third-order valence-electron chi connectivity index (χ3n) is 5.41. The third kappa shape index (κ3) is 3.90. The Bertz CT molecular complexity index is 1070. The van der Waals surface area contributed by atoms with Gasteiger partial charge in [-0.15, -0.1) is 0 Å². The van der Waals surface area contributed by atoms with Crippen molar-refractivity contribution >= 4 is 23.1 Å². The average molecular weight is 380 g/mol. The Morgan fingerprint density at radius 2 is 1.38 bits per heavy atom. The van der Waals surface area contributed by atoms with Crippen LogP contribution in [0, 0.1) is 0 Å². The predicted octanol–water partition coefficient (Wildman–Crippen LogP) is 7.43. The molecule has 1 aliphatic rings. The number of rotatable bonds is 4. The second-order valence-electron chi connectivity index (χ2n) is 7.74. The molecule has 4 rings (SSSR count). The molecule has 3 heteroatoms. The molecule has 0 bridgehead atoms. The van der Waals surface area contributed by atoms with Crippen molar-refractivity contribution in [3.8, 4) is 0 Å². The lowest BCUT2D eigenvalue weighted by atomic mass is 9.84. The summed E-state index contributed by atoms with van der Waals surface area (Å²) < 4.78 is 0. The van der Waals surface area contributed by atoms with Crippen LogP contribution in [0.3, 0.4) is 0 Å². The molecule has 0 spiro atoms. The second kappa shape index (κ2) is 7.88. The summed E-state index contributed by atoms with van der Waals surface area (Å²) >= 11 is 0. The van der Waals surface area contributed by atoms with Crippen molar-refractivity contribution < 1.29 is 0 Å². The highest BCUT2D eigenvalue weighted by Crippen LogP contribution is 2.46. The van der Waals surface area contributed by atoms with Crippen molar-refractivity contribution in [1.82, 2.24) is 0 Å². The predicted molar refractivity (Wildman–Crippen MR) is 122 cm³/mol. The standard InChI is InChI=1S/C26H25N3/c1-26(2)23-13-7-8-14-24(23)29(3)25(26)15-9-10-20-16-18-22(19-17-20)28-27-21-11-5-4-6-12-21/h4-19H,1-3H3/b10-9+,25-15-,28-27?. The molecular weight excluding hydrogens is 354 g/mol. The number of azo groups is 1. The van der Waals surface area contributed by atoms with Crippen LogP contribution in [0.25, 0.3) is 6.08 Å². The maximum atomic E-state index is 4.30. The van der Waals surface area contributed by atoms with E-state index in [0.29, 0.717) is 0 Å². The van der Waals surface area contributed by atoms with Crippen LogP contribution in [0.5, 0.6) is 0 Å². The van der Waals surface area contributed by atoms with E-state index in [2.05, 4.69) is 90.6 Å². The molecule has 0 aromatic heterocycles. The first-order chi connectivity index (χ1) is 14.1. The first-order valence-electron chi connectivity index (χ1n) is 9.85. The molecule has 3 nitrogen and oxygen atoms in total. The summed E-state index contributed by atoms with van der Waals surface area (Å²) in [5.41, 5.74) is 6.78. The highest BCUT2D eigenvalue weighted by molar-refractivity contribution is 5.70. The number of nitrogens with zero attached hydrogens (tertiary/aromatic N) is 3. The lowest BCUT2D eigenvalue weighted by molar-refractivity contribution is 0.640. The van der Waals surface area contributed by atoms with E-state index in [9.17, 15) is 0 Å². The zero-order valence-electron chi connectivity index (χ0n) is 17.1. The Labute approximate surface area is 172 Å². The molecule has 144 valence electrons. The minimum atomic E-state index is -0.00262. The maximum absolute atomic E-state index is 4.30. The van der Waals surface area contributed by atoms with Crippen molar-refractivity contribution in [2.45, 2.75) is 19.3 Å². The van der Waals surface area contributed by atoms with E-state index in [-0.39, 0.29) is 5.41 Å². The number of para-hydroxylation sites is 1. The number of fused-ring (bicyclic) bond motifs is 1. The summed E-state index contributed by atoms with van der Waals surface area (Å²) in [5.74, 6) is 0. The molecule has 0 atom stereocenters. The van der Waals surface area contributed by atoms with E-state index in [1.807, 2.05) is 42.5 Å². The van der Waals surface area contributed by atoms with Crippen molar-refractivity contribution in [3.05, 3.63) is 108 Å². The van der Waals surface area contributed by atoms with Crippen molar-refractivity contribution in [2.24, 2.45) is 10.2 Å². The number of hydrogen-bond donors (Lipinski definition) is 0. The maximum Gasteiger partial charge on any atom is 0.0857 e. The molecule has 0 radical (unpaired) electrons. The summed E-state index contributed by atoms with van der Waals surface area (Å²) in [7, 11) is 2.14. The van der Waals surface area contributed by atoms with Gasteiger partial charge in [-0.2, -0.15) is 10.2 Å². The Hall–Kier alpha value is -3.46. The summed E-state index contributed by atoms with van der Waals surface area (Å²) in [4.78, 5) is 2.28. The highest BCUT2D eigenvalue weighted by atomic mass is 15.2. The molecule has 0 saturated heterocycles. The van der Waals surface area contributed by atoms with Gasteiger partial charge in [0, 0.05) is 23.8 Å². The first kappa shape index (κ1) is 18.9. The molecule has 1 aliphatic heterocycles. The Balaban J connectivity index is 1.48. The van der Waals surface area contributed by atoms with E-state index in [0.717, 1.165) is 16.9 Å². The zero-order chi connectivity index (χ0) is 20.3. The third-order valence-corrected chi connectivity index (χ3v) is 5.41. The van der Waals surface area contributed by atoms with Crippen molar-refractivity contribution in [1.29, 1.82) is 0 Å². The first-order valence-corrected chi connectivity index (χ1v) is 9.85. The van der Waals surface area contributed by atoms with Gasteiger partial charge in [-0.3, -0.25) is 0 Å². The Morgan fingerprint density at radius 1 is 0.759 bits per heavy atom. The van der Waals surface area contributed by atoms with Crippen LogP contribution >= 0.6 is 0 Å². The molecule has 29 heavy (non-hydrogen) atoms. The van der Waals surface area contributed by atoms with Gasteiger partial charge in [0.1, 0.15) is 0 Å². The second-order valence-corrected chi connectivity index (χ2v) is 7.74. The largest absolute Gasteiger partial charge is 0.347 e. The van der Waals surface area contributed by atoms with Crippen LogP contribution in [0.4, 0.5) is 17.1 Å². The van der Waals surface area contributed by atoms with Gasteiger partial charge in [-0.05, 0) is 47.5 Å². The fourth-order valence-corrected chi connectivity index (χ4v) is 3.81. The fraction of sp³-hybridized carbons (Fsp3) is 0.154. The van der Waals surface area contributed by atoms with Crippen LogP contribution in [0.15, 0.2) is 107 Å². The summed E-state index contributed by atoms with van der Waals surface area (Å²) in [6.07, 6.45) is 6.46. The topological polar surface area (TPSA) is 28.0 Å². The molecule has 0 amide bonds. The molecule has 0 fully saturated rings. The van der Waals surface area contributed by atoms with Gasteiger partial charge in [0.05, 0.1) is 11.4 Å². The molecule has 3 aromatic rings. The normalized spacial score (nSPS) is 16.8. The van der Waals surface area contributed by atoms with E-state index in [4.69, 9.17) is 0 Å². The van der Waals surface area contributed by atoms with Crippen LogP contribution < -0.4 is 4.90 Å². The van der Waals surface area contributed by atoms with Gasteiger partial charge >= 0.3 is 0 Å². The quantitative estimate of drug-likeness (QED) is 0.433. The molecule has 1 heterocycles. The van der Waals surface area contributed by atoms with Crippen LogP contribution in [-0.4, -0.2) is 7.05 Å². The summed E-state index contributed by atoms with van der Waals surface area (Å²) in [6, 6.07) is 26.5.